The maximum atomic E-state index is 12.2. The van der Waals surface area contributed by atoms with Crippen molar-refractivity contribution in [2.24, 2.45) is 4.99 Å². The van der Waals surface area contributed by atoms with Crippen molar-refractivity contribution in [2.45, 2.75) is 20.4 Å². The van der Waals surface area contributed by atoms with Crippen molar-refractivity contribution in [3.63, 3.8) is 0 Å². The van der Waals surface area contributed by atoms with Crippen LogP contribution in [0.25, 0.3) is 0 Å². The molecule has 0 atom stereocenters. The molecule has 0 saturated carbocycles. The Morgan fingerprint density at radius 1 is 1.11 bits per heavy atom. The molecule has 0 bridgehead atoms. The summed E-state index contributed by atoms with van der Waals surface area (Å²) in [4.78, 5) is 18.8. The molecule has 0 aliphatic carbocycles. The zero-order valence-corrected chi connectivity index (χ0v) is 16.9. The van der Waals surface area contributed by atoms with Crippen LogP contribution >= 0.6 is 11.6 Å². The van der Waals surface area contributed by atoms with E-state index in [2.05, 4.69) is 51.7 Å². The molecule has 1 amide bonds. The van der Waals surface area contributed by atoms with Gasteiger partial charge >= 0.3 is 0 Å². The van der Waals surface area contributed by atoms with Gasteiger partial charge in [-0.15, -0.1) is 0 Å². The number of aryl methyl sites for hydroxylation is 1. The van der Waals surface area contributed by atoms with Gasteiger partial charge in [-0.05, 0) is 31.5 Å². The summed E-state index contributed by atoms with van der Waals surface area (Å²) < 4.78 is 0. The first-order valence-corrected chi connectivity index (χ1v) is 9.46. The van der Waals surface area contributed by atoms with Crippen LogP contribution in [-0.4, -0.2) is 43.4 Å². The smallest absolute Gasteiger partial charge is 0.252 e. The molecule has 2 N–H and O–H groups in total. The van der Waals surface area contributed by atoms with E-state index in [9.17, 15) is 4.79 Å². The summed E-state index contributed by atoms with van der Waals surface area (Å²) in [7, 11) is 2.00. The van der Waals surface area contributed by atoms with E-state index in [1.165, 1.54) is 11.1 Å². The Labute approximate surface area is 166 Å². The van der Waals surface area contributed by atoms with Gasteiger partial charge in [-0.25, -0.2) is 0 Å². The van der Waals surface area contributed by atoms with E-state index < -0.39 is 0 Å². The van der Waals surface area contributed by atoms with E-state index in [4.69, 9.17) is 11.6 Å². The second-order valence-corrected chi connectivity index (χ2v) is 6.72. The second-order valence-electron chi connectivity index (χ2n) is 6.31. The molecule has 27 heavy (non-hydrogen) atoms. The van der Waals surface area contributed by atoms with E-state index in [0.717, 1.165) is 19.0 Å². The molecule has 0 radical (unpaired) electrons. The lowest BCUT2D eigenvalue weighted by molar-refractivity contribution is 0.0955. The molecular formula is C21H27ClN4O. The van der Waals surface area contributed by atoms with Crippen molar-refractivity contribution >= 4 is 23.5 Å². The van der Waals surface area contributed by atoms with E-state index in [-0.39, 0.29) is 5.91 Å². The lowest BCUT2D eigenvalue weighted by Crippen LogP contribution is -2.39. The summed E-state index contributed by atoms with van der Waals surface area (Å²) in [6.07, 6.45) is 0. The minimum Gasteiger partial charge on any atom is -0.357 e. The molecule has 0 unspecified atom stereocenters. The van der Waals surface area contributed by atoms with Crippen LogP contribution in [0.2, 0.25) is 5.02 Å². The second kappa shape index (κ2) is 10.6. The largest absolute Gasteiger partial charge is 0.357 e. The first-order valence-electron chi connectivity index (χ1n) is 9.09. The van der Waals surface area contributed by atoms with E-state index in [1.807, 2.05) is 14.0 Å². The van der Waals surface area contributed by atoms with Gasteiger partial charge in [-0.1, -0.05) is 53.6 Å². The average molecular weight is 387 g/mol. The Balaban J connectivity index is 1.89. The number of amides is 1. The summed E-state index contributed by atoms with van der Waals surface area (Å²) >= 11 is 6.05. The summed E-state index contributed by atoms with van der Waals surface area (Å²) in [6, 6.07) is 15.5. The molecule has 0 saturated heterocycles. The van der Waals surface area contributed by atoms with Crippen LogP contribution in [0.5, 0.6) is 0 Å². The fourth-order valence-electron chi connectivity index (χ4n) is 2.58. The van der Waals surface area contributed by atoms with Gasteiger partial charge in [-0.3, -0.25) is 9.79 Å². The van der Waals surface area contributed by atoms with E-state index in [1.54, 1.807) is 24.3 Å². The number of carbonyl (C=O) groups is 1. The first-order chi connectivity index (χ1) is 13.0. The maximum Gasteiger partial charge on any atom is 0.252 e. The van der Waals surface area contributed by atoms with Gasteiger partial charge < -0.3 is 15.5 Å². The van der Waals surface area contributed by atoms with Crippen molar-refractivity contribution < 1.29 is 4.79 Å². The molecule has 2 aromatic carbocycles. The molecule has 0 heterocycles. The topological polar surface area (TPSA) is 56.7 Å². The number of guanidine groups is 1. The number of benzene rings is 2. The summed E-state index contributed by atoms with van der Waals surface area (Å²) in [5, 5.41) is 6.59. The van der Waals surface area contributed by atoms with Crippen molar-refractivity contribution in [2.75, 3.05) is 26.7 Å². The number of hydrogen-bond donors (Lipinski definition) is 2. The molecule has 0 aromatic heterocycles. The third-order valence-corrected chi connectivity index (χ3v) is 4.34. The predicted molar refractivity (Wildman–Crippen MR) is 112 cm³/mol. The molecule has 5 nitrogen and oxygen atoms in total. The summed E-state index contributed by atoms with van der Waals surface area (Å²) in [6.45, 7) is 6.58. The van der Waals surface area contributed by atoms with E-state index in [0.29, 0.717) is 23.7 Å². The molecule has 0 spiro atoms. The number of aliphatic imine (C=N–C) groups is 1. The van der Waals surface area contributed by atoms with Crippen molar-refractivity contribution in [3.05, 3.63) is 70.2 Å². The fourth-order valence-corrected chi connectivity index (χ4v) is 2.81. The Morgan fingerprint density at radius 2 is 1.81 bits per heavy atom. The molecule has 0 aliphatic heterocycles. The molecule has 6 heteroatoms. The minimum atomic E-state index is -0.186. The average Bonchev–Trinajstić information content (AvgIpc) is 2.66. The molecule has 2 rings (SSSR count). The molecule has 0 fully saturated rings. The zero-order chi connectivity index (χ0) is 19.6. The van der Waals surface area contributed by atoms with Crippen LogP contribution in [0.3, 0.4) is 0 Å². The van der Waals surface area contributed by atoms with Gasteiger partial charge in [-0.2, -0.15) is 0 Å². The van der Waals surface area contributed by atoms with Crippen molar-refractivity contribution in [3.8, 4) is 0 Å². The van der Waals surface area contributed by atoms with Gasteiger partial charge in [0.05, 0.1) is 17.1 Å². The number of halogens is 1. The van der Waals surface area contributed by atoms with Gasteiger partial charge in [0.25, 0.3) is 5.91 Å². The van der Waals surface area contributed by atoms with Gasteiger partial charge in [0.1, 0.15) is 0 Å². The number of rotatable bonds is 7. The van der Waals surface area contributed by atoms with Crippen LogP contribution < -0.4 is 10.6 Å². The van der Waals surface area contributed by atoms with Crippen LogP contribution in [0.1, 0.15) is 28.4 Å². The third kappa shape index (κ3) is 6.61. The SMILES string of the molecule is CCNC(=NCCNC(=O)c1ccccc1Cl)N(C)Cc1ccc(C)cc1. The van der Waals surface area contributed by atoms with Gasteiger partial charge in [0.15, 0.2) is 5.96 Å². The molecular weight excluding hydrogens is 360 g/mol. The van der Waals surface area contributed by atoms with Gasteiger partial charge in [0.2, 0.25) is 0 Å². The quantitative estimate of drug-likeness (QED) is 0.435. The van der Waals surface area contributed by atoms with Crippen molar-refractivity contribution in [1.82, 2.24) is 15.5 Å². The minimum absolute atomic E-state index is 0.186. The highest BCUT2D eigenvalue weighted by molar-refractivity contribution is 6.33. The Morgan fingerprint density at radius 3 is 2.48 bits per heavy atom. The van der Waals surface area contributed by atoms with Crippen LogP contribution in [-0.2, 0) is 6.54 Å². The summed E-state index contributed by atoms with van der Waals surface area (Å²) in [5.74, 6) is 0.624. The Bertz CT molecular complexity index is 774. The Kier molecular flexibility index (Phi) is 8.14. The molecule has 144 valence electrons. The van der Waals surface area contributed by atoms with E-state index >= 15 is 0 Å². The van der Waals surface area contributed by atoms with Crippen LogP contribution in [0, 0.1) is 6.92 Å². The number of nitrogens with one attached hydrogen (secondary N) is 2. The zero-order valence-electron chi connectivity index (χ0n) is 16.1. The monoisotopic (exact) mass is 386 g/mol. The normalized spacial score (nSPS) is 11.2. The maximum absolute atomic E-state index is 12.2. The molecule has 2 aromatic rings. The number of nitrogens with zero attached hydrogens (tertiary/aromatic N) is 2. The number of hydrogen-bond acceptors (Lipinski definition) is 2. The highest BCUT2D eigenvalue weighted by Gasteiger charge is 2.09. The van der Waals surface area contributed by atoms with Crippen LogP contribution in [0.15, 0.2) is 53.5 Å². The highest BCUT2D eigenvalue weighted by Crippen LogP contribution is 2.14. The lowest BCUT2D eigenvalue weighted by atomic mass is 10.1. The standard InChI is InChI=1S/C21H27ClN4O/c1-4-23-21(26(3)15-17-11-9-16(2)10-12-17)25-14-13-24-20(27)18-7-5-6-8-19(18)22/h5-12H,4,13-15H2,1-3H3,(H,23,25)(H,24,27). The molecule has 0 aliphatic rings. The van der Waals surface area contributed by atoms with Crippen LogP contribution in [0.4, 0.5) is 0 Å². The van der Waals surface area contributed by atoms with Gasteiger partial charge in [0, 0.05) is 26.7 Å². The number of carbonyl (C=O) groups excluding carboxylic acids is 1. The predicted octanol–water partition coefficient (Wildman–Crippen LogP) is 3.48. The Hall–Kier alpha value is -2.53. The fraction of sp³-hybridized carbons (Fsp3) is 0.333. The van der Waals surface area contributed by atoms with Crippen molar-refractivity contribution in [1.29, 1.82) is 0 Å². The lowest BCUT2D eigenvalue weighted by Gasteiger charge is -2.22. The third-order valence-electron chi connectivity index (χ3n) is 4.01. The first kappa shape index (κ1) is 20.8. The summed E-state index contributed by atoms with van der Waals surface area (Å²) in [5.41, 5.74) is 2.95. The highest BCUT2D eigenvalue weighted by atomic mass is 35.5.